The van der Waals surface area contributed by atoms with Crippen molar-refractivity contribution in [3.8, 4) is 0 Å². The number of nitrogens with two attached hydrogens (primary N) is 1. The van der Waals surface area contributed by atoms with Crippen LogP contribution in [0.2, 0.25) is 5.02 Å². The van der Waals surface area contributed by atoms with E-state index < -0.39 is 5.91 Å². The Hall–Kier alpha value is -1.50. The van der Waals surface area contributed by atoms with Crippen molar-refractivity contribution in [2.45, 2.75) is 31.4 Å². The van der Waals surface area contributed by atoms with Gasteiger partial charge in [0, 0.05) is 15.7 Å². The van der Waals surface area contributed by atoms with Crippen LogP contribution in [0.1, 0.15) is 39.2 Å². The van der Waals surface area contributed by atoms with E-state index in [0.29, 0.717) is 21.3 Å². The number of thiophene rings is 1. The Balaban J connectivity index is 1.60. The molecule has 3 rings (SSSR count). The van der Waals surface area contributed by atoms with Gasteiger partial charge in [0.2, 0.25) is 5.91 Å². The van der Waals surface area contributed by atoms with Crippen LogP contribution in [0.4, 0.5) is 5.00 Å². The highest BCUT2D eigenvalue weighted by atomic mass is 35.5. The van der Waals surface area contributed by atoms with Crippen molar-refractivity contribution in [2.75, 3.05) is 11.1 Å². The summed E-state index contributed by atoms with van der Waals surface area (Å²) in [5.41, 5.74) is 8.21. The Kier molecular flexibility index (Phi) is 6.04. The third-order valence-electron chi connectivity index (χ3n) is 4.09. The molecular weight excluding hydrogens is 376 g/mol. The second kappa shape index (κ2) is 8.25. The third kappa shape index (κ3) is 4.57. The number of aryl methyl sites for hydroxylation is 1. The third-order valence-corrected chi connectivity index (χ3v) is 6.55. The summed E-state index contributed by atoms with van der Waals surface area (Å²) in [5.74, 6) is 0.487. The first-order chi connectivity index (χ1) is 12.0. The molecule has 1 heterocycles. The lowest BCUT2D eigenvalue weighted by molar-refractivity contribution is -0.113. The quantitative estimate of drug-likeness (QED) is 0.769. The van der Waals surface area contributed by atoms with E-state index >= 15 is 0 Å². The molecule has 3 N–H and O–H groups in total. The smallest absolute Gasteiger partial charge is 0.251 e. The molecule has 0 fully saturated rings. The largest absolute Gasteiger partial charge is 0.365 e. The fourth-order valence-electron chi connectivity index (χ4n) is 2.92. The van der Waals surface area contributed by atoms with Gasteiger partial charge in [-0.25, -0.2) is 0 Å². The lowest BCUT2D eigenvalue weighted by Gasteiger charge is -2.11. The number of thioether (sulfide) groups is 1. The molecule has 4 nitrogen and oxygen atoms in total. The summed E-state index contributed by atoms with van der Waals surface area (Å²) in [7, 11) is 0. The number of carbonyl (C=O) groups excluding carboxylic acids is 2. The molecule has 2 aromatic rings. The SMILES string of the molecule is NC(=O)c1c(NC(=O)CSCc2ccc(Cl)cc2)sc2c1CCCC2. The Morgan fingerprint density at radius 1 is 1.20 bits per heavy atom. The fraction of sp³-hybridized carbons (Fsp3) is 0.333. The van der Waals surface area contributed by atoms with Crippen LogP contribution in [-0.2, 0) is 23.4 Å². The van der Waals surface area contributed by atoms with Crippen LogP contribution < -0.4 is 11.1 Å². The van der Waals surface area contributed by atoms with Gasteiger partial charge < -0.3 is 11.1 Å². The zero-order valence-electron chi connectivity index (χ0n) is 13.6. The maximum atomic E-state index is 12.2. The molecular formula is C18H19ClN2O2S2. The maximum Gasteiger partial charge on any atom is 0.251 e. The lowest BCUT2D eigenvalue weighted by Crippen LogP contribution is -2.19. The highest BCUT2D eigenvalue weighted by Crippen LogP contribution is 2.37. The predicted molar refractivity (Wildman–Crippen MR) is 106 cm³/mol. The number of benzene rings is 1. The second-order valence-corrected chi connectivity index (χ2v) is 8.47. The summed E-state index contributed by atoms with van der Waals surface area (Å²) in [6.07, 6.45) is 4.01. The fourth-order valence-corrected chi connectivity index (χ4v) is 5.14. The average Bonchev–Trinajstić information content (AvgIpc) is 2.94. The second-order valence-electron chi connectivity index (χ2n) is 5.95. The summed E-state index contributed by atoms with van der Waals surface area (Å²) >= 11 is 8.88. The minimum Gasteiger partial charge on any atom is -0.365 e. The molecule has 0 radical (unpaired) electrons. The number of nitrogens with one attached hydrogen (secondary N) is 1. The Labute approximate surface area is 160 Å². The van der Waals surface area contributed by atoms with Crippen molar-refractivity contribution < 1.29 is 9.59 Å². The monoisotopic (exact) mass is 394 g/mol. The first-order valence-electron chi connectivity index (χ1n) is 8.11. The van der Waals surface area contributed by atoms with E-state index in [-0.39, 0.29) is 5.91 Å². The van der Waals surface area contributed by atoms with Crippen molar-refractivity contribution in [1.82, 2.24) is 0 Å². The van der Waals surface area contributed by atoms with Gasteiger partial charge in [0.05, 0.1) is 11.3 Å². The van der Waals surface area contributed by atoms with E-state index in [9.17, 15) is 9.59 Å². The van der Waals surface area contributed by atoms with Crippen LogP contribution in [0.25, 0.3) is 0 Å². The zero-order valence-corrected chi connectivity index (χ0v) is 16.0. The van der Waals surface area contributed by atoms with E-state index in [1.54, 1.807) is 0 Å². The Bertz CT molecular complexity index is 787. The number of carbonyl (C=O) groups is 2. The number of primary amides is 1. The number of hydrogen-bond acceptors (Lipinski definition) is 4. The standard InChI is InChI=1S/C18H19ClN2O2S2/c19-12-7-5-11(6-8-12)9-24-10-15(22)21-18-16(17(20)23)13-3-1-2-4-14(13)25-18/h5-8H,1-4,9-10H2,(H2,20,23)(H,21,22). The molecule has 132 valence electrons. The molecule has 1 aliphatic carbocycles. The molecule has 7 heteroatoms. The summed E-state index contributed by atoms with van der Waals surface area (Å²) < 4.78 is 0. The molecule has 0 aliphatic heterocycles. The number of amides is 2. The highest BCUT2D eigenvalue weighted by molar-refractivity contribution is 7.99. The van der Waals surface area contributed by atoms with E-state index in [1.807, 2.05) is 24.3 Å². The molecule has 0 bridgehead atoms. The lowest BCUT2D eigenvalue weighted by atomic mass is 9.95. The van der Waals surface area contributed by atoms with Gasteiger partial charge in [0.1, 0.15) is 5.00 Å². The molecule has 0 atom stereocenters. The molecule has 1 aromatic heterocycles. The van der Waals surface area contributed by atoms with Crippen molar-refractivity contribution in [2.24, 2.45) is 5.73 Å². The molecule has 25 heavy (non-hydrogen) atoms. The summed E-state index contributed by atoms with van der Waals surface area (Å²) in [6.45, 7) is 0. The topological polar surface area (TPSA) is 72.2 Å². The minimum atomic E-state index is -0.455. The first-order valence-corrected chi connectivity index (χ1v) is 10.5. The van der Waals surface area contributed by atoms with Gasteiger partial charge in [0.25, 0.3) is 5.91 Å². The van der Waals surface area contributed by atoms with Gasteiger partial charge in [-0.2, -0.15) is 0 Å². The summed E-state index contributed by atoms with van der Waals surface area (Å²) in [4.78, 5) is 25.3. The number of halogens is 1. The minimum absolute atomic E-state index is 0.111. The summed E-state index contributed by atoms with van der Waals surface area (Å²) in [6, 6.07) is 7.58. The van der Waals surface area contributed by atoms with Gasteiger partial charge in [-0.1, -0.05) is 23.7 Å². The van der Waals surface area contributed by atoms with Crippen LogP contribution in [0.15, 0.2) is 24.3 Å². The highest BCUT2D eigenvalue weighted by Gasteiger charge is 2.24. The van der Waals surface area contributed by atoms with Gasteiger partial charge in [-0.3, -0.25) is 9.59 Å². The number of rotatable bonds is 6. The zero-order chi connectivity index (χ0) is 17.8. The maximum absolute atomic E-state index is 12.2. The van der Waals surface area contributed by atoms with Crippen molar-refractivity contribution in [3.63, 3.8) is 0 Å². The predicted octanol–water partition coefficient (Wildman–Crippen LogP) is 4.25. The van der Waals surface area contributed by atoms with Crippen LogP contribution in [0.5, 0.6) is 0 Å². The average molecular weight is 395 g/mol. The molecule has 0 unspecified atom stereocenters. The Morgan fingerprint density at radius 3 is 2.64 bits per heavy atom. The number of hydrogen-bond donors (Lipinski definition) is 2. The van der Waals surface area contributed by atoms with Crippen LogP contribution in [-0.4, -0.2) is 17.6 Å². The van der Waals surface area contributed by atoms with Crippen LogP contribution >= 0.6 is 34.7 Å². The molecule has 2 amide bonds. The van der Waals surface area contributed by atoms with Crippen molar-refractivity contribution in [3.05, 3.63) is 50.9 Å². The summed E-state index contributed by atoms with van der Waals surface area (Å²) in [5, 5.41) is 4.19. The van der Waals surface area contributed by atoms with Gasteiger partial charge in [0.15, 0.2) is 0 Å². The molecule has 1 aromatic carbocycles. The van der Waals surface area contributed by atoms with Crippen LogP contribution in [0, 0.1) is 0 Å². The van der Waals surface area contributed by atoms with Crippen LogP contribution in [0.3, 0.4) is 0 Å². The van der Waals surface area contributed by atoms with E-state index in [2.05, 4.69) is 5.32 Å². The molecule has 1 aliphatic rings. The number of fused-ring (bicyclic) bond motifs is 1. The molecule has 0 saturated heterocycles. The van der Waals surface area contributed by atoms with E-state index in [4.69, 9.17) is 17.3 Å². The molecule has 0 spiro atoms. The van der Waals surface area contributed by atoms with Crippen molar-refractivity contribution in [1.29, 1.82) is 0 Å². The van der Waals surface area contributed by atoms with E-state index in [0.717, 1.165) is 42.6 Å². The van der Waals surface area contributed by atoms with Crippen molar-refractivity contribution >= 4 is 51.5 Å². The van der Waals surface area contributed by atoms with Gasteiger partial charge in [-0.05, 0) is 48.9 Å². The molecule has 0 saturated carbocycles. The number of anilines is 1. The van der Waals surface area contributed by atoms with Gasteiger partial charge >= 0.3 is 0 Å². The normalized spacial score (nSPS) is 13.3. The van der Waals surface area contributed by atoms with E-state index in [1.165, 1.54) is 28.0 Å². The Morgan fingerprint density at radius 2 is 1.92 bits per heavy atom. The first kappa shape index (κ1) is 18.3. The van der Waals surface area contributed by atoms with Gasteiger partial charge in [-0.15, -0.1) is 23.1 Å².